The highest BCUT2D eigenvalue weighted by Crippen LogP contribution is 2.43. The topological polar surface area (TPSA) is 111 Å². The zero-order valence-corrected chi connectivity index (χ0v) is 56.2. The maximum Gasteiger partial charge on any atom is 0.472 e. The number of unbranched alkanes of at least 4 members (excludes halogenated alkanes) is 51. The van der Waals surface area contributed by atoms with Crippen molar-refractivity contribution in [3.05, 3.63) is 12.2 Å². The van der Waals surface area contributed by atoms with Gasteiger partial charge in [-0.1, -0.05) is 348 Å². The molecule has 1 amide bonds. The molecule has 9 nitrogen and oxygen atoms in total. The van der Waals surface area contributed by atoms with Gasteiger partial charge in [0, 0.05) is 12.8 Å². The van der Waals surface area contributed by atoms with Gasteiger partial charge in [0.25, 0.3) is 0 Å². The van der Waals surface area contributed by atoms with Crippen LogP contribution >= 0.6 is 7.82 Å². The van der Waals surface area contributed by atoms with Crippen molar-refractivity contribution in [3.63, 3.8) is 0 Å². The fourth-order valence-corrected chi connectivity index (χ4v) is 11.9. The summed E-state index contributed by atoms with van der Waals surface area (Å²) >= 11 is 0. The van der Waals surface area contributed by atoms with E-state index in [0.29, 0.717) is 23.9 Å². The Morgan fingerprint density at radius 1 is 0.420 bits per heavy atom. The summed E-state index contributed by atoms with van der Waals surface area (Å²) in [5, 5.41) is 3.07. The van der Waals surface area contributed by atoms with Gasteiger partial charge in [0.05, 0.1) is 33.8 Å². The van der Waals surface area contributed by atoms with Gasteiger partial charge in [-0.2, -0.15) is 0 Å². The van der Waals surface area contributed by atoms with E-state index in [0.717, 1.165) is 57.8 Å². The monoisotopic (exact) mass is 1170 g/mol. The van der Waals surface area contributed by atoms with Crippen LogP contribution in [0.25, 0.3) is 0 Å². The molecule has 0 saturated heterocycles. The van der Waals surface area contributed by atoms with Crippen molar-refractivity contribution >= 4 is 19.7 Å². The molecule has 0 aromatic heterocycles. The van der Waals surface area contributed by atoms with Crippen LogP contribution in [0.2, 0.25) is 0 Å². The molecule has 2 N–H and O–H groups in total. The third-order valence-corrected chi connectivity index (χ3v) is 17.7. The van der Waals surface area contributed by atoms with Gasteiger partial charge in [-0.3, -0.25) is 18.6 Å². The number of carbonyl (C=O) groups is 2. The number of amides is 1. The zero-order chi connectivity index (χ0) is 59.3. The number of phosphoric ester groups is 1. The minimum absolute atomic E-state index is 0.0460. The Hall–Kier alpha value is -1.25. The summed E-state index contributed by atoms with van der Waals surface area (Å²) in [6, 6.07) is -0.840. The number of carbonyl (C=O) groups excluding carboxylic acids is 2. The number of allylic oxidation sites excluding steroid dienone is 1. The summed E-state index contributed by atoms with van der Waals surface area (Å²) in [6.07, 6.45) is 73.8. The lowest BCUT2D eigenvalue weighted by Gasteiger charge is -2.27. The molecule has 0 fully saturated rings. The predicted octanol–water partition coefficient (Wildman–Crippen LogP) is 22.7. The maximum atomic E-state index is 13.6. The predicted molar refractivity (Wildman–Crippen MR) is 351 cm³/mol. The number of esters is 1. The van der Waals surface area contributed by atoms with Crippen LogP contribution in [0.5, 0.6) is 0 Å². The van der Waals surface area contributed by atoms with Gasteiger partial charge < -0.3 is 19.4 Å². The highest BCUT2D eigenvalue weighted by atomic mass is 31.2. The third kappa shape index (κ3) is 63.1. The number of quaternary nitrogens is 1. The average Bonchev–Trinajstić information content (AvgIpc) is 3.43. The molecule has 0 spiro atoms. The van der Waals surface area contributed by atoms with Gasteiger partial charge in [-0.25, -0.2) is 4.57 Å². The largest absolute Gasteiger partial charge is 0.472 e. The van der Waals surface area contributed by atoms with Gasteiger partial charge in [0.1, 0.15) is 19.3 Å². The second-order valence-electron chi connectivity index (χ2n) is 26.1. The van der Waals surface area contributed by atoms with Crippen LogP contribution in [-0.2, 0) is 27.9 Å². The van der Waals surface area contributed by atoms with Gasteiger partial charge in [0.2, 0.25) is 5.91 Å². The van der Waals surface area contributed by atoms with Gasteiger partial charge in [-0.05, 0) is 31.8 Å². The Bertz CT molecular complexity index is 1390. The molecule has 0 rings (SSSR count). The highest BCUT2D eigenvalue weighted by molar-refractivity contribution is 7.47. The summed E-state index contributed by atoms with van der Waals surface area (Å²) in [6.45, 7) is 7.09. The number of likely N-dealkylation sites (N-methyl/N-ethyl adjacent to an activating group) is 1. The van der Waals surface area contributed by atoms with Crippen LogP contribution in [0.1, 0.15) is 380 Å². The van der Waals surface area contributed by atoms with Gasteiger partial charge >= 0.3 is 13.8 Å². The number of hydrogen-bond acceptors (Lipinski definition) is 6. The molecular formula is C71H142N2O7P+. The van der Waals surface area contributed by atoms with E-state index in [1.54, 1.807) is 0 Å². The van der Waals surface area contributed by atoms with E-state index >= 15 is 0 Å². The Morgan fingerprint density at radius 3 is 1.01 bits per heavy atom. The first-order chi connectivity index (χ1) is 39.4. The molecule has 482 valence electrons. The molecular weight excluding hydrogens is 1020 g/mol. The standard InChI is InChI=1S/C71H141N2O7P/c1-7-10-13-16-19-22-25-27-29-31-32-33-34-35-36-37-38-39-40-42-44-46-49-52-55-58-61-64-71(75)80-69(62-59-56-53-50-47-24-21-18-15-12-9-3)68(67-79-81(76,77)78-66-65-73(4,5)6)72-70(74)63-60-57-54-51-48-45-43-41-30-28-26-23-20-17-14-11-8-2/h59,62,68-69H,7-58,60-61,63-67H2,1-6H3,(H-,72,74,76,77)/p+1/b62-59-. The third-order valence-electron chi connectivity index (χ3n) is 16.7. The second-order valence-corrected chi connectivity index (χ2v) is 27.6. The van der Waals surface area contributed by atoms with E-state index in [-0.39, 0.29) is 25.1 Å². The van der Waals surface area contributed by atoms with Gasteiger partial charge in [-0.15, -0.1) is 0 Å². The molecule has 0 heterocycles. The summed E-state index contributed by atoms with van der Waals surface area (Å²) in [5.74, 6) is -0.478. The van der Waals surface area contributed by atoms with Crippen molar-refractivity contribution in [1.82, 2.24) is 5.32 Å². The molecule has 0 aromatic rings. The molecule has 81 heavy (non-hydrogen) atoms. The van der Waals surface area contributed by atoms with Crippen LogP contribution < -0.4 is 5.32 Å². The van der Waals surface area contributed by atoms with E-state index in [2.05, 4.69) is 26.1 Å². The number of phosphoric acid groups is 1. The number of hydrogen-bond donors (Lipinski definition) is 2. The Balaban J connectivity index is 4.90. The first kappa shape index (κ1) is 79.8. The number of nitrogens with one attached hydrogen (secondary N) is 1. The molecule has 0 bridgehead atoms. The number of nitrogens with zero attached hydrogens (tertiary/aromatic N) is 1. The molecule has 10 heteroatoms. The molecule has 0 saturated carbocycles. The van der Waals surface area contributed by atoms with Crippen molar-refractivity contribution in [3.8, 4) is 0 Å². The van der Waals surface area contributed by atoms with E-state index in [4.69, 9.17) is 13.8 Å². The fourth-order valence-electron chi connectivity index (χ4n) is 11.2. The molecule has 3 unspecified atom stereocenters. The van der Waals surface area contributed by atoms with E-state index in [1.165, 1.54) is 289 Å². The molecule has 0 aliphatic carbocycles. The second kappa shape index (κ2) is 61.8. The van der Waals surface area contributed by atoms with Crippen LogP contribution in [0.15, 0.2) is 12.2 Å². The molecule has 0 radical (unpaired) electrons. The minimum atomic E-state index is -4.44. The van der Waals surface area contributed by atoms with Crippen LogP contribution in [0, 0.1) is 0 Å². The Morgan fingerprint density at radius 2 is 0.704 bits per heavy atom. The Kier molecular flexibility index (Phi) is 60.9. The molecule has 0 aliphatic heterocycles. The summed E-state index contributed by atoms with van der Waals surface area (Å²) < 4.78 is 30.8. The van der Waals surface area contributed by atoms with Crippen LogP contribution in [0.4, 0.5) is 0 Å². The lowest BCUT2D eigenvalue weighted by Crippen LogP contribution is -2.47. The van der Waals surface area contributed by atoms with E-state index in [1.807, 2.05) is 33.3 Å². The normalized spacial score (nSPS) is 13.5. The summed E-state index contributed by atoms with van der Waals surface area (Å²) in [5.41, 5.74) is 0. The smallest absolute Gasteiger partial charge is 0.456 e. The maximum absolute atomic E-state index is 13.6. The highest BCUT2D eigenvalue weighted by Gasteiger charge is 2.30. The van der Waals surface area contributed by atoms with Crippen molar-refractivity contribution < 1.29 is 37.3 Å². The van der Waals surface area contributed by atoms with Crippen LogP contribution in [-0.4, -0.2) is 74.3 Å². The van der Waals surface area contributed by atoms with Crippen molar-refractivity contribution in [2.75, 3.05) is 40.9 Å². The summed E-state index contributed by atoms with van der Waals surface area (Å²) in [7, 11) is 1.52. The number of rotatable bonds is 67. The fraction of sp³-hybridized carbons (Fsp3) is 0.944. The van der Waals surface area contributed by atoms with Gasteiger partial charge in [0.15, 0.2) is 0 Å². The molecule has 0 aromatic carbocycles. The minimum Gasteiger partial charge on any atom is -0.456 e. The first-order valence-corrected chi connectivity index (χ1v) is 37.5. The Labute approximate surface area is 505 Å². The van der Waals surface area contributed by atoms with E-state index in [9.17, 15) is 19.0 Å². The molecule has 3 atom stereocenters. The molecule has 0 aliphatic rings. The lowest BCUT2D eigenvalue weighted by molar-refractivity contribution is -0.870. The number of ether oxygens (including phenoxy) is 1. The first-order valence-electron chi connectivity index (χ1n) is 36.0. The van der Waals surface area contributed by atoms with Crippen LogP contribution in [0.3, 0.4) is 0 Å². The van der Waals surface area contributed by atoms with Crippen molar-refractivity contribution in [2.45, 2.75) is 392 Å². The quantitative estimate of drug-likeness (QED) is 0.0205. The SMILES string of the molecule is CCCCCCCCCCC/C=C\C(OC(=O)CCCCCCCCCCCCCCCCCCCCCCCCCCCCC)C(COP(=O)(O)OCC[N+](C)(C)C)NC(=O)CCCCCCCCCCCCCCCCCCC. The van der Waals surface area contributed by atoms with Crippen molar-refractivity contribution in [2.24, 2.45) is 0 Å². The lowest BCUT2D eigenvalue weighted by atomic mass is 10.0. The zero-order valence-electron chi connectivity index (χ0n) is 55.3. The summed E-state index contributed by atoms with van der Waals surface area (Å²) in [4.78, 5) is 37.8. The van der Waals surface area contributed by atoms with E-state index < -0.39 is 20.0 Å². The van der Waals surface area contributed by atoms with Crippen molar-refractivity contribution in [1.29, 1.82) is 0 Å². The average molecular weight is 1170 g/mol.